The SMILES string of the molecule is COc1cccc(C(=O)c2sc(Nc3ccc(F)cc3)c(S(=O)(=O)c3ccc(Cl)cc3)c2N)c1. The standard InChI is InChI=1S/C24H18ClFN2O4S2/c1-32-18-4-2-3-14(13-18)21(29)22-20(27)23(34(30,31)19-11-5-15(25)6-12-19)24(33-22)28-17-9-7-16(26)8-10-17/h2-13,28H,27H2,1H3. The lowest BCUT2D eigenvalue weighted by molar-refractivity contribution is 0.104. The maximum Gasteiger partial charge on any atom is 0.211 e. The Morgan fingerprint density at radius 3 is 2.38 bits per heavy atom. The van der Waals surface area contributed by atoms with Crippen molar-refractivity contribution in [3.63, 3.8) is 0 Å². The molecule has 0 saturated heterocycles. The molecule has 1 heterocycles. The topological polar surface area (TPSA) is 98.5 Å². The second-order valence-electron chi connectivity index (χ2n) is 7.15. The molecule has 0 aliphatic carbocycles. The summed E-state index contributed by atoms with van der Waals surface area (Å²) >= 11 is 6.81. The Morgan fingerprint density at radius 2 is 1.74 bits per heavy atom. The molecule has 174 valence electrons. The number of methoxy groups -OCH3 is 1. The monoisotopic (exact) mass is 516 g/mol. The number of carbonyl (C=O) groups is 1. The third-order valence-electron chi connectivity index (χ3n) is 4.93. The van der Waals surface area contributed by atoms with Crippen LogP contribution < -0.4 is 15.8 Å². The molecule has 4 rings (SSSR count). The minimum Gasteiger partial charge on any atom is -0.497 e. The highest BCUT2D eigenvalue weighted by Crippen LogP contribution is 2.44. The number of nitrogens with one attached hydrogen (secondary N) is 1. The molecule has 0 aliphatic rings. The fourth-order valence-corrected chi connectivity index (χ4v) is 6.30. The Morgan fingerprint density at radius 1 is 1.06 bits per heavy atom. The first-order chi connectivity index (χ1) is 16.2. The van der Waals surface area contributed by atoms with Crippen LogP contribution in [0, 0.1) is 5.82 Å². The average molecular weight is 517 g/mol. The Kier molecular flexibility index (Phi) is 6.60. The van der Waals surface area contributed by atoms with Crippen LogP contribution >= 0.6 is 22.9 Å². The second kappa shape index (κ2) is 9.46. The van der Waals surface area contributed by atoms with Gasteiger partial charge in [-0.3, -0.25) is 4.79 Å². The number of anilines is 3. The first-order valence-corrected chi connectivity index (χ1v) is 12.5. The highest BCUT2D eigenvalue weighted by molar-refractivity contribution is 7.92. The smallest absolute Gasteiger partial charge is 0.211 e. The van der Waals surface area contributed by atoms with Gasteiger partial charge in [-0.1, -0.05) is 23.7 Å². The van der Waals surface area contributed by atoms with E-state index < -0.39 is 21.4 Å². The van der Waals surface area contributed by atoms with Crippen molar-refractivity contribution in [2.24, 2.45) is 0 Å². The first-order valence-electron chi connectivity index (χ1n) is 9.85. The van der Waals surface area contributed by atoms with Crippen molar-refractivity contribution in [3.8, 4) is 5.75 Å². The Balaban J connectivity index is 1.87. The van der Waals surface area contributed by atoms with E-state index in [0.717, 1.165) is 11.3 Å². The summed E-state index contributed by atoms with van der Waals surface area (Å²) in [5, 5.41) is 3.47. The van der Waals surface area contributed by atoms with Crippen LogP contribution in [0.25, 0.3) is 0 Å². The van der Waals surface area contributed by atoms with Crippen molar-refractivity contribution in [1.82, 2.24) is 0 Å². The van der Waals surface area contributed by atoms with Gasteiger partial charge >= 0.3 is 0 Å². The highest BCUT2D eigenvalue weighted by Gasteiger charge is 2.31. The van der Waals surface area contributed by atoms with Gasteiger partial charge in [0, 0.05) is 16.3 Å². The quantitative estimate of drug-likeness (QED) is 0.295. The van der Waals surface area contributed by atoms with Gasteiger partial charge < -0.3 is 15.8 Å². The summed E-state index contributed by atoms with van der Waals surface area (Å²) in [4.78, 5) is 13.1. The van der Waals surface area contributed by atoms with Crippen LogP contribution in [0.4, 0.5) is 20.8 Å². The first kappa shape index (κ1) is 23.7. The molecule has 0 amide bonds. The number of carbonyl (C=O) groups excluding carboxylic acids is 1. The van der Waals surface area contributed by atoms with E-state index in [9.17, 15) is 17.6 Å². The molecule has 1 aromatic heterocycles. The summed E-state index contributed by atoms with van der Waals surface area (Å²) in [6.07, 6.45) is 0. The molecule has 10 heteroatoms. The van der Waals surface area contributed by atoms with Crippen molar-refractivity contribution in [1.29, 1.82) is 0 Å². The van der Waals surface area contributed by atoms with E-state index in [1.165, 1.54) is 55.6 Å². The summed E-state index contributed by atoms with van der Waals surface area (Å²) in [6, 6.07) is 17.5. The van der Waals surface area contributed by atoms with Crippen LogP contribution in [-0.4, -0.2) is 21.3 Å². The molecule has 3 N–H and O–H groups in total. The molecule has 4 aromatic rings. The number of thiophene rings is 1. The van der Waals surface area contributed by atoms with Crippen LogP contribution in [0.5, 0.6) is 5.75 Å². The number of hydrogen-bond acceptors (Lipinski definition) is 7. The van der Waals surface area contributed by atoms with E-state index in [-0.39, 0.29) is 30.9 Å². The van der Waals surface area contributed by atoms with Crippen molar-refractivity contribution in [2.75, 3.05) is 18.2 Å². The lowest BCUT2D eigenvalue weighted by atomic mass is 10.1. The maximum atomic E-state index is 13.6. The molecule has 0 spiro atoms. The Bertz CT molecular complexity index is 1470. The summed E-state index contributed by atoms with van der Waals surface area (Å²) < 4.78 is 45.7. The Labute approximate surface area is 204 Å². The zero-order valence-electron chi connectivity index (χ0n) is 17.7. The van der Waals surface area contributed by atoms with Crippen molar-refractivity contribution < 1.29 is 22.3 Å². The lowest BCUT2D eigenvalue weighted by Crippen LogP contribution is -2.08. The van der Waals surface area contributed by atoms with Crippen molar-refractivity contribution in [2.45, 2.75) is 9.79 Å². The zero-order valence-corrected chi connectivity index (χ0v) is 20.1. The van der Waals surface area contributed by atoms with Gasteiger partial charge in [-0.2, -0.15) is 0 Å². The van der Waals surface area contributed by atoms with Gasteiger partial charge in [0.05, 0.1) is 17.7 Å². The molecule has 0 radical (unpaired) electrons. The van der Waals surface area contributed by atoms with Gasteiger partial charge in [-0.05, 0) is 60.7 Å². The predicted octanol–water partition coefficient (Wildman–Crippen LogP) is 5.94. The summed E-state index contributed by atoms with van der Waals surface area (Å²) in [5.74, 6) is -0.431. The number of benzene rings is 3. The summed E-state index contributed by atoms with van der Waals surface area (Å²) in [5.41, 5.74) is 6.83. The van der Waals surface area contributed by atoms with E-state index in [2.05, 4.69) is 5.32 Å². The van der Waals surface area contributed by atoms with Gasteiger partial charge in [0.2, 0.25) is 15.6 Å². The van der Waals surface area contributed by atoms with E-state index in [1.807, 2.05) is 0 Å². The molecule has 34 heavy (non-hydrogen) atoms. The van der Waals surface area contributed by atoms with Crippen LogP contribution in [0.3, 0.4) is 0 Å². The van der Waals surface area contributed by atoms with Gasteiger partial charge in [-0.15, -0.1) is 11.3 Å². The lowest BCUT2D eigenvalue weighted by Gasteiger charge is -2.10. The van der Waals surface area contributed by atoms with E-state index in [1.54, 1.807) is 24.3 Å². The largest absolute Gasteiger partial charge is 0.497 e. The number of sulfone groups is 1. The zero-order chi connectivity index (χ0) is 24.5. The number of nitrogens with two attached hydrogens (primary N) is 1. The number of ketones is 1. The van der Waals surface area contributed by atoms with E-state index in [4.69, 9.17) is 22.1 Å². The number of rotatable bonds is 7. The third kappa shape index (κ3) is 4.63. The van der Waals surface area contributed by atoms with E-state index in [0.29, 0.717) is 16.5 Å². The number of halogens is 2. The predicted molar refractivity (Wildman–Crippen MR) is 132 cm³/mol. The highest BCUT2D eigenvalue weighted by atomic mass is 35.5. The minimum absolute atomic E-state index is 0.0380. The van der Waals surface area contributed by atoms with Crippen LogP contribution in [0.15, 0.2) is 82.6 Å². The van der Waals surface area contributed by atoms with Crippen LogP contribution in [-0.2, 0) is 9.84 Å². The third-order valence-corrected chi connectivity index (χ3v) is 8.29. The van der Waals surface area contributed by atoms with Gasteiger partial charge in [-0.25, -0.2) is 12.8 Å². The average Bonchev–Trinajstić information content (AvgIpc) is 3.16. The summed E-state index contributed by atoms with van der Waals surface area (Å²) in [6.45, 7) is 0. The maximum absolute atomic E-state index is 13.6. The molecule has 6 nitrogen and oxygen atoms in total. The normalized spacial score (nSPS) is 11.3. The molecular weight excluding hydrogens is 499 g/mol. The molecule has 0 saturated carbocycles. The fourth-order valence-electron chi connectivity index (χ4n) is 3.24. The summed E-state index contributed by atoms with van der Waals surface area (Å²) in [7, 11) is -2.66. The molecule has 0 unspecified atom stereocenters. The molecular formula is C24H18ClFN2O4S2. The number of hydrogen-bond donors (Lipinski definition) is 2. The number of nitrogen functional groups attached to an aromatic ring is 1. The van der Waals surface area contributed by atoms with Gasteiger partial charge in [0.25, 0.3) is 0 Å². The second-order valence-corrected chi connectivity index (χ2v) is 10.5. The van der Waals surface area contributed by atoms with Crippen LogP contribution in [0.2, 0.25) is 5.02 Å². The molecule has 0 atom stereocenters. The number of ether oxygens (including phenoxy) is 1. The molecule has 0 aliphatic heterocycles. The Hall–Kier alpha value is -3.40. The van der Waals surface area contributed by atoms with Gasteiger partial charge in [0.15, 0.2) is 0 Å². The van der Waals surface area contributed by atoms with Crippen molar-refractivity contribution >= 4 is 54.9 Å². The van der Waals surface area contributed by atoms with Gasteiger partial charge in [0.1, 0.15) is 26.3 Å². The van der Waals surface area contributed by atoms with Crippen LogP contribution in [0.1, 0.15) is 15.2 Å². The molecule has 0 bridgehead atoms. The molecule has 0 fully saturated rings. The molecule has 3 aromatic carbocycles. The van der Waals surface area contributed by atoms with E-state index >= 15 is 0 Å². The van der Waals surface area contributed by atoms with Crippen molar-refractivity contribution in [3.05, 3.63) is 94.1 Å². The fraction of sp³-hybridized carbons (Fsp3) is 0.0417. The minimum atomic E-state index is -4.14.